The summed E-state index contributed by atoms with van der Waals surface area (Å²) in [6, 6.07) is 12.4. The van der Waals surface area contributed by atoms with Crippen LogP contribution in [0.5, 0.6) is 5.75 Å². The largest absolute Gasteiger partial charge is 0.479 e. The predicted molar refractivity (Wildman–Crippen MR) is 92.1 cm³/mol. The van der Waals surface area contributed by atoms with Crippen LogP contribution in [0.3, 0.4) is 0 Å². The third kappa shape index (κ3) is 5.76. The summed E-state index contributed by atoms with van der Waals surface area (Å²) >= 11 is 5.82. The van der Waals surface area contributed by atoms with Crippen LogP contribution >= 0.6 is 11.6 Å². The van der Waals surface area contributed by atoms with Crippen molar-refractivity contribution in [1.29, 1.82) is 0 Å². The SMILES string of the molecule is CC[C@H](Oc1ccccc1)C(=O)OCC(=O)Nc1ccc(F)cc1Cl. The Kier molecular flexibility index (Phi) is 6.77. The van der Waals surface area contributed by atoms with Crippen LogP contribution < -0.4 is 10.1 Å². The van der Waals surface area contributed by atoms with Crippen molar-refractivity contribution in [3.8, 4) is 5.75 Å². The zero-order valence-electron chi connectivity index (χ0n) is 13.5. The minimum atomic E-state index is -0.815. The molecule has 0 spiro atoms. The monoisotopic (exact) mass is 365 g/mol. The lowest BCUT2D eigenvalue weighted by atomic mass is 10.2. The van der Waals surface area contributed by atoms with Crippen LogP contribution in [0.1, 0.15) is 13.3 Å². The number of carbonyl (C=O) groups excluding carboxylic acids is 2. The molecule has 1 N–H and O–H groups in total. The molecule has 0 aliphatic heterocycles. The van der Waals surface area contributed by atoms with Crippen molar-refractivity contribution in [3.05, 3.63) is 59.4 Å². The number of ether oxygens (including phenoxy) is 2. The summed E-state index contributed by atoms with van der Waals surface area (Å²) < 4.78 is 23.5. The quantitative estimate of drug-likeness (QED) is 0.757. The number of anilines is 1. The van der Waals surface area contributed by atoms with Gasteiger partial charge in [-0.1, -0.05) is 36.7 Å². The molecule has 5 nitrogen and oxygen atoms in total. The van der Waals surface area contributed by atoms with E-state index < -0.39 is 30.4 Å². The van der Waals surface area contributed by atoms with E-state index in [9.17, 15) is 14.0 Å². The molecule has 0 aliphatic carbocycles. The van der Waals surface area contributed by atoms with E-state index in [2.05, 4.69) is 5.32 Å². The first-order valence-corrected chi connectivity index (χ1v) is 8.00. The van der Waals surface area contributed by atoms with E-state index in [4.69, 9.17) is 21.1 Å². The van der Waals surface area contributed by atoms with Gasteiger partial charge in [0.25, 0.3) is 5.91 Å². The van der Waals surface area contributed by atoms with Gasteiger partial charge in [-0.25, -0.2) is 9.18 Å². The van der Waals surface area contributed by atoms with Crippen LogP contribution in [0.15, 0.2) is 48.5 Å². The topological polar surface area (TPSA) is 64.6 Å². The van der Waals surface area contributed by atoms with Crippen molar-refractivity contribution in [1.82, 2.24) is 0 Å². The molecule has 2 aromatic carbocycles. The highest BCUT2D eigenvalue weighted by Crippen LogP contribution is 2.22. The third-order valence-corrected chi connectivity index (χ3v) is 3.52. The fourth-order valence-corrected chi connectivity index (χ4v) is 2.18. The number of amides is 1. The average molecular weight is 366 g/mol. The maximum absolute atomic E-state index is 13.0. The van der Waals surface area contributed by atoms with Gasteiger partial charge in [-0.05, 0) is 36.8 Å². The highest BCUT2D eigenvalue weighted by molar-refractivity contribution is 6.33. The van der Waals surface area contributed by atoms with E-state index in [-0.39, 0.29) is 10.7 Å². The number of benzene rings is 2. The zero-order chi connectivity index (χ0) is 18.2. The summed E-state index contributed by atoms with van der Waals surface area (Å²) in [6.45, 7) is 1.27. The van der Waals surface area contributed by atoms with Crippen molar-refractivity contribution in [2.24, 2.45) is 0 Å². The molecule has 2 aromatic rings. The van der Waals surface area contributed by atoms with Gasteiger partial charge < -0.3 is 14.8 Å². The number of halogens is 2. The lowest BCUT2D eigenvalue weighted by Crippen LogP contribution is -2.31. The fourth-order valence-electron chi connectivity index (χ4n) is 1.97. The molecule has 0 fully saturated rings. The molecule has 0 radical (unpaired) electrons. The Labute approximate surface area is 149 Å². The van der Waals surface area contributed by atoms with E-state index in [0.717, 1.165) is 12.1 Å². The smallest absolute Gasteiger partial charge is 0.347 e. The number of para-hydroxylation sites is 1. The van der Waals surface area contributed by atoms with Crippen molar-refractivity contribution in [2.45, 2.75) is 19.4 Å². The van der Waals surface area contributed by atoms with Crippen LogP contribution in [0, 0.1) is 5.82 Å². The Morgan fingerprint density at radius 3 is 2.56 bits per heavy atom. The highest BCUT2D eigenvalue weighted by atomic mass is 35.5. The summed E-state index contributed by atoms with van der Waals surface area (Å²) in [5.41, 5.74) is 0.233. The van der Waals surface area contributed by atoms with Gasteiger partial charge in [0.05, 0.1) is 10.7 Å². The Balaban J connectivity index is 1.86. The van der Waals surface area contributed by atoms with Gasteiger partial charge in [-0.2, -0.15) is 0 Å². The summed E-state index contributed by atoms with van der Waals surface area (Å²) in [5.74, 6) is -1.21. The first-order valence-electron chi connectivity index (χ1n) is 7.63. The Morgan fingerprint density at radius 2 is 1.92 bits per heavy atom. The van der Waals surface area contributed by atoms with Crippen LogP contribution in [-0.4, -0.2) is 24.6 Å². The molecule has 0 bridgehead atoms. The maximum Gasteiger partial charge on any atom is 0.347 e. The third-order valence-electron chi connectivity index (χ3n) is 3.21. The minimum absolute atomic E-state index is 0.0542. The van der Waals surface area contributed by atoms with Crippen molar-refractivity contribution < 1.29 is 23.5 Å². The lowest BCUT2D eigenvalue weighted by molar-refractivity contribution is -0.154. The average Bonchev–Trinajstić information content (AvgIpc) is 2.61. The van der Waals surface area contributed by atoms with Crippen molar-refractivity contribution in [3.63, 3.8) is 0 Å². The molecule has 1 atom stereocenters. The maximum atomic E-state index is 13.0. The van der Waals surface area contributed by atoms with E-state index in [1.165, 1.54) is 6.07 Å². The normalized spacial score (nSPS) is 11.5. The van der Waals surface area contributed by atoms with Crippen molar-refractivity contribution in [2.75, 3.05) is 11.9 Å². The van der Waals surface area contributed by atoms with Gasteiger partial charge in [-0.15, -0.1) is 0 Å². The van der Waals surface area contributed by atoms with Gasteiger partial charge in [-0.3, -0.25) is 4.79 Å². The molecule has 0 saturated carbocycles. The minimum Gasteiger partial charge on any atom is -0.479 e. The molecule has 0 aromatic heterocycles. The zero-order valence-corrected chi connectivity index (χ0v) is 14.3. The Morgan fingerprint density at radius 1 is 1.20 bits per heavy atom. The number of carbonyl (C=O) groups is 2. The Bertz CT molecular complexity index is 739. The molecule has 132 valence electrons. The summed E-state index contributed by atoms with van der Waals surface area (Å²) in [7, 11) is 0. The number of hydrogen-bond acceptors (Lipinski definition) is 4. The van der Waals surface area contributed by atoms with Gasteiger partial charge >= 0.3 is 5.97 Å². The van der Waals surface area contributed by atoms with Gasteiger partial charge in [0, 0.05) is 0 Å². The van der Waals surface area contributed by atoms with Gasteiger partial charge in [0.15, 0.2) is 12.7 Å². The van der Waals surface area contributed by atoms with Crippen LogP contribution in [0.2, 0.25) is 5.02 Å². The number of esters is 1. The second kappa shape index (κ2) is 9.03. The second-order valence-corrected chi connectivity index (χ2v) is 5.52. The predicted octanol–water partition coefficient (Wildman–Crippen LogP) is 3.82. The van der Waals surface area contributed by atoms with Crippen LogP contribution in [0.25, 0.3) is 0 Å². The summed E-state index contributed by atoms with van der Waals surface area (Å²) in [5, 5.41) is 2.50. The van der Waals surface area contributed by atoms with Gasteiger partial charge in [0.2, 0.25) is 0 Å². The molecule has 1 amide bonds. The first kappa shape index (κ1) is 18.7. The van der Waals surface area contributed by atoms with Crippen LogP contribution in [0.4, 0.5) is 10.1 Å². The number of hydrogen-bond donors (Lipinski definition) is 1. The molecule has 2 rings (SSSR count). The molecular formula is C18H17ClFNO4. The molecule has 0 aliphatic rings. The van der Waals surface area contributed by atoms with Crippen molar-refractivity contribution >= 4 is 29.2 Å². The standard InChI is InChI=1S/C18H17ClFNO4/c1-2-16(25-13-6-4-3-5-7-13)18(23)24-11-17(22)21-15-9-8-12(20)10-14(15)19/h3-10,16H,2,11H2,1H3,(H,21,22)/t16-/m0/s1. The number of nitrogens with one attached hydrogen (secondary N) is 1. The fraction of sp³-hybridized carbons (Fsp3) is 0.222. The highest BCUT2D eigenvalue weighted by Gasteiger charge is 2.21. The van der Waals surface area contributed by atoms with E-state index in [0.29, 0.717) is 12.2 Å². The Hall–Kier alpha value is -2.60. The number of rotatable bonds is 7. The summed E-state index contributed by atoms with van der Waals surface area (Å²) in [6.07, 6.45) is -0.427. The molecule has 0 unspecified atom stereocenters. The van der Waals surface area contributed by atoms with E-state index in [1.807, 2.05) is 6.07 Å². The molecule has 25 heavy (non-hydrogen) atoms. The van der Waals surface area contributed by atoms with Crippen LogP contribution in [-0.2, 0) is 14.3 Å². The molecule has 0 saturated heterocycles. The molecule has 0 heterocycles. The first-order chi connectivity index (χ1) is 12.0. The van der Waals surface area contributed by atoms with E-state index in [1.54, 1.807) is 31.2 Å². The second-order valence-electron chi connectivity index (χ2n) is 5.11. The lowest BCUT2D eigenvalue weighted by Gasteiger charge is -2.16. The molecular weight excluding hydrogens is 349 g/mol. The molecule has 7 heteroatoms. The summed E-state index contributed by atoms with van der Waals surface area (Å²) in [4.78, 5) is 23.9. The van der Waals surface area contributed by atoms with Gasteiger partial charge in [0.1, 0.15) is 11.6 Å². The van der Waals surface area contributed by atoms with E-state index >= 15 is 0 Å².